The van der Waals surface area contributed by atoms with Crippen LogP contribution in [-0.2, 0) is 0 Å². The number of alkyl halides is 6. The van der Waals surface area contributed by atoms with Gasteiger partial charge in [0.2, 0.25) is 5.88 Å². The summed E-state index contributed by atoms with van der Waals surface area (Å²) in [6.45, 7) is 0. The van der Waals surface area contributed by atoms with Crippen molar-refractivity contribution in [3.63, 3.8) is 0 Å². The van der Waals surface area contributed by atoms with Crippen molar-refractivity contribution >= 4 is 17.6 Å². The molecule has 0 radical (unpaired) electrons. The molecule has 0 spiro atoms. The van der Waals surface area contributed by atoms with Crippen LogP contribution in [0.4, 0.5) is 26.3 Å². The second-order valence-electron chi connectivity index (χ2n) is 3.40. The number of nitrogens with zero attached hydrogens (tertiary/aromatic N) is 1. The number of halogens is 7. The molecule has 1 aromatic heterocycles. The molecule has 0 aliphatic heterocycles. The molecule has 0 aliphatic rings. The molecule has 112 valence electrons. The topological polar surface area (TPSA) is 59.4 Å². The van der Waals surface area contributed by atoms with E-state index >= 15 is 0 Å². The van der Waals surface area contributed by atoms with Crippen molar-refractivity contribution in [1.82, 2.24) is 4.98 Å². The highest BCUT2D eigenvalue weighted by atomic mass is 35.5. The van der Waals surface area contributed by atoms with Gasteiger partial charge in [-0.1, -0.05) is 11.6 Å². The molecule has 0 saturated carbocycles. The second-order valence-corrected chi connectivity index (χ2v) is 3.79. The maximum absolute atomic E-state index is 12.2. The van der Waals surface area contributed by atoms with Crippen LogP contribution in [0.5, 0.6) is 5.88 Å². The van der Waals surface area contributed by atoms with Crippen molar-refractivity contribution in [3.05, 3.63) is 22.8 Å². The molecule has 0 aromatic carbocycles. The predicted octanol–water partition coefficient (Wildman–Crippen LogP) is 3.31. The monoisotopic (exact) mass is 323 g/mol. The van der Waals surface area contributed by atoms with Crippen LogP contribution in [0, 0.1) is 0 Å². The first-order chi connectivity index (χ1) is 8.91. The summed E-state index contributed by atoms with van der Waals surface area (Å²) in [5, 5.41) is 7.98. The second kappa shape index (κ2) is 5.35. The molecule has 1 aromatic rings. The zero-order valence-electron chi connectivity index (χ0n) is 9.09. The van der Waals surface area contributed by atoms with Crippen LogP contribution >= 0.6 is 11.6 Å². The van der Waals surface area contributed by atoms with E-state index in [9.17, 15) is 31.1 Å². The van der Waals surface area contributed by atoms with Gasteiger partial charge in [0, 0.05) is 6.07 Å². The molecule has 0 amide bonds. The van der Waals surface area contributed by atoms with Crippen molar-refractivity contribution in [2.24, 2.45) is 0 Å². The standard InChI is InChI=1S/C9H4ClF6NO3/c10-4-1-3(6(18)19)2-5(17-4)20-7(8(11,12)13)9(14,15)16/h1-2,7H,(H,18,19). The molecular formula is C9H4ClF6NO3. The van der Waals surface area contributed by atoms with Crippen LogP contribution in [0.3, 0.4) is 0 Å². The summed E-state index contributed by atoms with van der Waals surface area (Å²) in [7, 11) is 0. The van der Waals surface area contributed by atoms with E-state index in [1.807, 2.05) is 0 Å². The molecule has 20 heavy (non-hydrogen) atoms. The van der Waals surface area contributed by atoms with E-state index in [4.69, 9.17) is 16.7 Å². The van der Waals surface area contributed by atoms with Crippen LogP contribution in [-0.4, -0.2) is 34.5 Å². The van der Waals surface area contributed by atoms with Crippen molar-refractivity contribution in [2.75, 3.05) is 0 Å². The molecule has 0 atom stereocenters. The molecule has 0 fully saturated rings. The van der Waals surface area contributed by atoms with E-state index in [0.29, 0.717) is 6.07 Å². The number of aromatic carboxylic acids is 1. The Morgan fingerprint density at radius 1 is 1.20 bits per heavy atom. The van der Waals surface area contributed by atoms with Gasteiger partial charge in [0.15, 0.2) is 0 Å². The van der Waals surface area contributed by atoms with Gasteiger partial charge in [0.05, 0.1) is 5.56 Å². The maximum Gasteiger partial charge on any atom is 0.434 e. The van der Waals surface area contributed by atoms with Gasteiger partial charge in [-0.3, -0.25) is 0 Å². The number of carboxylic acid groups (broad SMARTS) is 1. The minimum Gasteiger partial charge on any atom is -0.478 e. The Hall–Kier alpha value is -1.71. The van der Waals surface area contributed by atoms with Crippen LogP contribution < -0.4 is 4.74 Å². The molecule has 1 rings (SSSR count). The summed E-state index contributed by atoms with van der Waals surface area (Å²) in [6, 6.07) is 1.14. The van der Waals surface area contributed by atoms with E-state index in [1.165, 1.54) is 0 Å². The molecule has 4 nitrogen and oxygen atoms in total. The molecule has 0 saturated heterocycles. The average molecular weight is 324 g/mol. The van der Waals surface area contributed by atoms with Gasteiger partial charge < -0.3 is 9.84 Å². The highest BCUT2D eigenvalue weighted by molar-refractivity contribution is 6.29. The first kappa shape index (κ1) is 16.3. The average Bonchev–Trinajstić information content (AvgIpc) is 2.22. The molecule has 0 unspecified atom stereocenters. The Morgan fingerprint density at radius 3 is 2.10 bits per heavy atom. The minimum absolute atomic E-state index is 0.401. The summed E-state index contributed by atoms with van der Waals surface area (Å²) in [4.78, 5) is 13.7. The number of hydrogen-bond donors (Lipinski definition) is 1. The quantitative estimate of drug-likeness (QED) is 0.685. The maximum atomic E-state index is 12.2. The largest absolute Gasteiger partial charge is 0.478 e. The normalized spacial score (nSPS) is 12.6. The van der Waals surface area contributed by atoms with Crippen molar-refractivity contribution < 1.29 is 41.0 Å². The lowest BCUT2D eigenvalue weighted by Crippen LogP contribution is -2.46. The Labute approximate surface area is 111 Å². The Morgan fingerprint density at radius 2 is 1.70 bits per heavy atom. The summed E-state index contributed by atoms with van der Waals surface area (Å²) in [5.74, 6) is -2.82. The van der Waals surface area contributed by atoms with Crippen LogP contribution in [0.25, 0.3) is 0 Å². The van der Waals surface area contributed by atoms with Gasteiger partial charge in [-0.2, -0.15) is 26.3 Å². The fourth-order valence-corrected chi connectivity index (χ4v) is 1.30. The van der Waals surface area contributed by atoms with Crippen LogP contribution in [0.1, 0.15) is 10.4 Å². The number of carbonyl (C=O) groups is 1. The number of carboxylic acids is 1. The minimum atomic E-state index is -5.74. The molecule has 1 heterocycles. The summed E-state index contributed by atoms with van der Waals surface area (Å²) < 4.78 is 77.1. The number of pyridine rings is 1. The van der Waals surface area contributed by atoms with E-state index in [0.717, 1.165) is 6.07 Å². The summed E-state index contributed by atoms with van der Waals surface area (Å²) in [6.07, 6.45) is -15.6. The van der Waals surface area contributed by atoms with Crippen LogP contribution in [0.2, 0.25) is 5.15 Å². The fraction of sp³-hybridized carbons (Fsp3) is 0.333. The van der Waals surface area contributed by atoms with Crippen molar-refractivity contribution in [2.45, 2.75) is 18.5 Å². The zero-order valence-corrected chi connectivity index (χ0v) is 9.84. The van der Waals surface area contributed by atoms with Crippen molar-refractivity contribution in [3.8, 4) is 5.88 Å². The summed E-state index contributed by atoms with van der Waals surface area (Å²) in [5.41, 5.74) is -0.664. The fourth-order valence-electron chi connectivity index (χ4n) is 1.10. The van der Waals surface area contributed by atoms with Crippen LogP contribution in [0.15, 0.2) is 12.1 Å². The van der Waals surface area contributed by atoms with Gasteiger partial charge >= 0.3 is 18.3 Å². The van der Waals surface area contributed by atoms with E-state index < -0.39 is 41.0 Å². The van der Waals surface area contributed by atoms with Gasteiger partial charge in [0.1, 0.15) is 5.15 Å². The van der Waals surface area contributed by atoms with Gasteiger partial charge in [0.25, 0.3) is 6.10 Å². The molecule has 0 aliphatic carbocycles. The summed E-state index contributed by atoms with van der Waals surface area (Å²) >= 11 is 5.29. The zero-order chi connectivity index (χ0) is 15.7. The lowest BCUT2D eigenvalue weighted by molar-refractivity contribution is -0.300. The molecule has 0 bridgehead atoms. The third kappa shape index (κ3) is 4.15. The van der Waals surface area contributed by atoms with Gasteiger partial charge in [-0.05, 0) is 6.07 Å². The Kier molecular flexibility index (Phi) is 4.37. The lowest BCUT2D eigenvalue weighted by Gasteiger charge is -2.23. The van der Waals surface area contributed by atoms with Crippen molar-refractivity contribution in [1.29, 1.82) is 0 Å². The molecule has 1 N–H and O–H groups in total. The van der Waals surface area contributed by atoms with Gasteiger partial charge in [-0.25, -0.2) is 9.78 Å². The number of rotatable bonds is 3. The Bertz CT molecular complexity index is 501. The smallest absolute Gasteiger partial charge is 0.434 e. The SMILES string of the molecule is O=C(O)c1cc(Cl)nc(OC(C(F)(F)F)C(F)(F)F)c1. The first-order valence-electron chi connectivity index (χ1n) is 4.62. The number of ether oxygens (including phenoxy) is 1. The number of hydrogen-bond acceptors (Lipinski definition) is 3. The Balaban J connectivity index is 3.15. The van der Waals surface area contributed by atoms with E-state index in [1.54, 1.807) is 0 Å². The van der Waals surface area contributed by atoms with E-state index in [-0.39, 0.29) is 0 Å². The highest BCUT2D eigenvalue weighted by Crippen LogP contribution is 2.36. The number of aromatic nitrogens is 1. The molecule has 11 heteroatoms. The third-order valence-corrected chi connectivity index (χ3v) is 2.04. The highest BCUT2D eigenvalue weighted by Gasteiger charge is 2.59. The molecular weight excluding hydrogens is 320 g/mol. The first-order valence-corrected chi connectivity index (χ1v) is 5.00. The lowest BCUT2D eigenvalue weighted by atomic mass is 10.2. The van der Waals surface area contributed by atoms with Gasteiger partial charge in [-0.15, -0.1) is 0 Å². The van der Waals surface area contributed by atoms with E-state index in [2.05, 4.69) is 9.72 Å². The predicted molar refractivity (Wildman–Crippen MR) is 52.7 cm³/mol. The third-order valence-electron chi connectivity index (χ3n) is 1.85.